The molecular weight excluding hydrogens is 149 g/mol. The standard InChI is InChI=1S/C8H9NO2.Li.H/c1-6(10)9-7-2-4-8(11)5-3-7;;/h2-5,11H,1H3,(H,9,10);;. The van der Waals surface area contributed by atoms with Gasteiger partial charge in [0.05, 0.1) is 0 Å². The molecule has 0 aromatic heterocycles. The van der Waals surface area contributed by atoms with Gasteiger partial charge in [0.1, 0.15) is 5.75 Å². The van der Waals surface area contributed by atoms with Crippen LogP contribution in [-0.2, 0) is 4.79 Å². The maximum absolute atomic E-state index is 10.5. The van der Waals surface area contributed by atoms with Crippen molar-refractivity contribution >= 4 is 30.5 Å². The summed E-state index contributed by atoms with van der Waals surface area (Å²) in [6, 6.07) is 6.31. The molecule has 0 radical (unpaired) electrons. The molecule has 0 fully saturated rings. The number of carbonyl (C=O) groups is 1. The van der Waals surface area contributed by atoms with Crippen LogP contribution >= 0.6 is 0 Å². The number of aromatic hydroxyl groups is 1. The van der Waals surface area contributed by atoms with Crippen molar-refractivity contribution in [3.63, 3.8) is 0 Å². The van der Waals surface area contributed by atoms with Crippen LogP contribution in [0.1, 0.15) is 6.92 Å². The molecule has 4 heteroatoms. The van der Waals surface area contributed by atoms with Gasteiger partial charge in [-0.2, -0.15) is 0 Å². The first-order valence-corrected chi connectivity index (χ1v) is 3.25. The first-order valence-electron chi connectivity index (χ1n) is 3.25. The molecule has 0 aliphatic heterocycles. The first-order chi connectivity index (χ1) is 5.18. The minimum atomic E-state index is -0.115. The van der Waals surface area contributed by atoms with E-state index in [1.54, 1.807) is 12.1 Å². The van der Waals surface area contributed by atoms with Crippen LogP contribution in [0.4, 0.5) is 5.69 Å². The number of benzene rings is 1. The van der Waals surface area contributed by atoms with Crippen molar-refractivity contribution < 1.29 is 9.90 Å². The van der Waals surface area contributed by atoms with Crippen LogP contribution in [0.25, 0.3) is 0 Å². The van der Waals surface area contributed by atoms with Gasteiger partial charge in [-0.05, 0) is 24.3 Å². The number of nitrogens with one attached hydrogen (secondary N) is 1. The van der Waals surface area contributed by atoms with Crippen molar-refractivity contribution in [1.82, 2.24) is 0 Å². The Morgan fingerprint density at radius 3 is 2.25 bits per heavy atom. The first kappa shape index (κ1) is 11.1. The van der Waals surface area contributed by atoms with Gasteiger partial charge in [-0.15, -0.1) is 0 Å². The second-order valence-corrected chi connectivity index (χ2v) is 2.23. The van der Waals surface area contributed by atoms with Crippen LogP contribution in [0.15, 0.2) is 24.3 Å². The Kier molecular flexibility index (Phi) is 4.49. The maximum atomic E-state index is 10.5. The van der Waals surface area contributed by atoms with Crippen LogP contribution < -0.4 is 5.32 Å². The van der Waals surface area contributed by atoms with E-state index >= 15 is 0 Å². The Labute approximate surface area is 83.0 Å². The Hall–Kier alpha value is -0.913. The molecule has 0 atom stereocenters. The normalized spacial score (nSPS) is 8.42. The molecule has 1 rings (SSSR count). The van der Waals surface area contributed by atoms with E-state index in [0.29, 0.717) is 5.69 Å². The van der Waals surface area contributed by atoms with Crippen molar-refractivity contribution in [2.24, 2.45) is 0 Å². The Morgan fingerprint density at radius 2 is 1.83 bits per heavy atom. The van der Waals surface area contributed by atoms with Gasteiger partial charge in [0.2, 0.25) is 5.91 Å². The minimum absolute atomic E-state index is 0. The summed E-state index contributed by atoms with van der Waals surface area (Å²) < 4.78 is 0. The third-order valence-corrected chi connectivity index (χ3v) is 1.19. The molecule has 0 aliphatic rings. The van der Waals surface area contributed by atoms with E-state index in [9.17, 15) is 4.79 Å². The topological polar surface area (TPSA) is 49.3 Å². The molecule has 0 saturated carbocycles. The summed E-state index contributed by atoms with van der Waals surface area (Å²) in [5.74, 6) is 0.0785. The van der Waals surface area contributed by atoms with Gasteiger partial charge in [-0.25, -0.2) is 0 Å². The van der Waals surface area contributed by atoms with Crippen LogP contribution in [0.2, 0.25) is 0 Å². The van der Waals surface area contributed by atoms with Crippen molar-refractivity contribution in [1.29, 1.82) is 0 Å². The summed E-state index contributed by atoms with van der Waals surface area (Å²) >= 11 is 0. The number of hydrogen-bond acceptors (Lipinski definition) is 2. The fourth-order valence-electron chi connectivity index (χ4n) is 0.748. The molecule has 0 spiro atoms. The van der Waals surface area contributed by atoms with Gasteiger partial charge in [0.25, 0.3) is 0 Å². The predicted molar refractivity (Wildman–Crippen MR) is 49.6 cm³/mol. The van der Waals surface area contributed by atoms with E-state index in [1.165, 1.54) is 19.1 Å². The zero-order valence-electron chi connectivity index (χ0n) is 6.16. The van der Waals surface area contributed by atoms with E-state index < -0.39 is 0 Å². The molecule has 0 saturated heterocycles. The van der Waals surface area contributed by atoms with Crippen LogP contribution in [-0.4, -0.2) is 29.9 Å². The van der Waals surface area contributed by atoms with E-state index in [1.807, 2.05) is 0 Å². The average molecular weight is 159 g/mol. The fourth-order valence-corrected chi connectivity index (χ4v) is 0.748. The van der Waals surface area contributed by atoms with Crippen LogP contribution in [0.3, 0.4) is 0 Å². The molecule has 1 aromatic rings. The summed E-state index contributed by atoms with van der Waals surface area (Å²) in [5.41, 5.74) is 0.690. The number of phenols is 1. The molecule has 0 unspecified atom stereocenters. The monoisotopic (exact) mass is 159 g/mol. The van der Waals surface area contributed by atoms with Gasteiger partial charge < -0.3 is 10.4 Å². The molecule has 0 aliphatic carbocycles. The number of anilines is 1. The third kappa shape index (κ3) is 3.47. The fraction of sp³-hybridized carbons (Fsp3) is 0.125. The van der Waals surface area contributed by atoms with E-state index in [2.05, 4.69) is 5.32 Å². The SMILES string of the molecule is CC(=O)Nc1ccc(O)cc1.[LiH]. The molecular formula is C8H10LiNO2. The Balaban J connectivity index is 0.00000121. The summed E-state index contributed by atoms with van der Waals surface area (Å²) in [7, 11) is 0. The average Bonchev–Trinajstić information content (AvgIpc) is 1.93. The van der Waals surface area contributed by atoms with Crippen LogP contribution in [0, 0.1) is 0 Å². The van der Waals surface area contributed by atoms with E-state index in [-0.39, 0.29) is 30.5 Å². The van der Waals surface area contributed by atoms with Crippen molar-refractivity contribution in [3.05, 3.63) is 24.3 Å². The number of phenolic OH excluding ortho intramolecular Hbond substituents is 1. The second kappa shape index (κ2) is 4.86. The van der Waals surface area contributed by atoms with Gasteiger partial charge in [0, 0.05) is 12.6 Å². The number of rotatable bonds is 1. The summed E-state index contributed by atoms with van der Waals surface area (Å²) in [4.78, 5) is 10.5. The molecule has 0 bridgehead atoms. The van der Waals surface area contributed by atoms with Crippen LogP contribution in [0.5, 0.6) is 5.75 Å². The van der Waals surface area contributed by atoms with Crippen molar-refractivity contribution in [2.75, 3.05) is 5.32 Å². The molecule has 0 heterocycles. The second-order valence-electron chi connectivity index (χ2n) is 2.23. The zero-order valence-corrected chi connectivity index (χ0v) is 6.16. The van der Waals surface area contributed by atoms with Gasteiger partial charge in [-0.1, -0.05) is 0 Å². The van der Waals surface area contributed by atoms with Gasteiger partial charge in [0.15, 0.2) is 0 Å². The summed E-state index contributed by atoms with van der Waals surface area (Å²) in [6.07, 6.45) is 0. The quantitative estimate of drug-likeness (QED) is 0.468. The third-order valence-electron chi connectivity index (χ3n) is 1.19. The number of amides is 1. The summed E-state index contributed by atoms with van der Waals surface area (Å²) in [6.45, 7) is 1.44. The van der Waals surface area contributed by atoms with Crippen molar-refractivity contribution in [3.8, 4) is 5.75 Å². The van der Waals surface area contributed by atoms with Gasteiger partial charge >= 0.3 is 18.9 Å². The van der Waals surface area contributed by atoms with Crippen molar-refractivity contribution in [2.45, 2.75) is 6.92 Å². The number of hydrogen-bond donors (Lipinski definition) is 2. The predicted octanol–water partition coefficient (Wildman–Crippen LogP) is 0.702. The Morgan fingerprint density at radius 1 is 1.33 bits per heavy atom. The molecule has 3 nitrogen and oxygen atoms in total. The zero-order chi connectivity index (χ0) is 8.27. The Bertz CT molecular complexity index is 258. The summed E-state index contributed by atoms with van der Waals surface area (Å²) in [5, 5.41) is 11.5. The molecule has 12 heavy (non-hydrogen) atoms. The molecule has 1 aromatic carbocycles. The van der Waals surface area contributed by atoms with E-state index in [4.69, 9.17) is 5.11 Å². The molecule has 1 amide bonds. The number of carbonyl (C=O) groups excluding carboxylic acids is 1. The van der Waals surface area contributed by atoms with E-state index in [0.717, 1.165) is 0 Å². The molecule has 60 valence electrons. The van der Waals surface area contributed by atoms with Gasteiger partial charge in [-0.3, -0.25) is 4.79 Å². The molecule has 2 N–H and O–H groups in total.